The van der Waals surface area contributed by atoms with Crippen LogP contribution in [0.4, 0.5) is 0 Å². The first-order valence-electron chi connectivity index (χ1n) is 9.97. The van der Waals surface area contributed by atoms with Crippen molar-refractivity contribution >= 4 is 32.4 Å². The number of amides is 1. The summed E-state index contributed by atoms with van der Waals surface area (Å²) in [7, 11) is 0. The van der Waals surface area contributed by atoms with Crippen LogP contribution in [0.15, 0.2) is 42.6 Å². The Bertz CT molecular complexity index is 1220. The molecule has 0 unspecified atom stereocenters. The number of nitrogens with zero attached hydrogens (tertiary/aromatic N) is 2. The molecule has 148 valence electrons. The van der Waals surface area contributed by atoms with E-state index in [-0.39, 0.29) is 12.0 Å². The van der Waals surface area contributed by atoms with Crippen molar-refractivity contribution in [1.82, 2.24) is 14.7 Å². The van der Waals surface area contributed by atoms with E-state index in [1.54, 1.807) is 11.3 Å². The van der Waals surface area contributed by atoms with Gasteiger partial charge in [-0.1, -0.05) is 35.1 Å². The first-order chi connectivity index (χ1) is 14.1. The second kappa shape index (κ2) is 7.28. The van der Waals surface area contributed by atoms with Gasteiger partial charge in [-0.2, -0.15) is 0 Å². The van der Waals surface area contributed by atoms with E-state index in [1.165, 1.54) is 11.1 Å². The molecule has 1 aliphatic heterocycles. The van der Waals surface area contributed by atoms with Crippen LogP contribution in [0.1, 0.15) is 34.3 Å². The van der Waals surface area contributed by atoms with Crippen LogP contribution >= 0.6 is 11.3 Å². The van der Waals surface area contributed by atoms with E-state index in [0.29, 0.717) is 12.1 Å². The summed E-state index contributed by atoms with van der Waals surface area (Å²) < 4.78 is 8.75. The molecule has 5 rings (SSSR count). The lowest BCUT2D eigenvalue weighted by Gasteiger charge is -2.10. The zero-order valence-electron chi connectivity index (χ0n) is 16.6. The summed E-state index contributed by atoms with van der Waals surface area (Å²) in [5.74, 6) is -0.0515. The number of rotatable bonds is 4. The second-order valence-corrected chi connectivity index (χ2v) is 8.74. The Balaban J connectivity index is 1.42. The third-order valence-electron chi connectivity index (χ3n) is 5.53. The van der Waals surface area contributed by atoms with Crippen molar-refractivity contribution in [3.63, 3.8) is 0 Å². The number of carbonyl (C=O) groups is 1. The fourth-order valence-corrected chi connectivity index (χ4v) is 5.03. The zero-order valence-corrected chi connectivity index (χ0v) is 17.4. The van der Waals surface area contributed by atoms with Crippen molar-refractivity contribution in [2.24, 2.45) is 0 Å². The summed E-state index contributed by atoms with van der Waals surface area (Å²) in [5.41, 5.74) is 6.37. The van der Waals surface area contributed by atoms with E-state index in [0.717, 1.165) is 45.9 Å². The smallest absolute Gasteiger partial charge is 0.251 e. The van der Waals surface area contributed by atoms with Crippen LogP contribution in [0.2, 0.25) is 0 Å². The maximum Gasteiger partial charge on any atom is 0.251 e. The third-order valence-corrected chi connectivity index (χ3v) is 6.55. The van der Waals surface area contributed by atoms with Gasteiger partial charge in [-0.3, -0.25) is 9.20 Å². The molecule has 6 heteroatoms. The monoisotopic (exact) mass is 405 g/mol. The predicted molar refractivity (Wildman–Crippen MR) is 117 cm³/mol. The van der Waals surface area contributed by atoms with Gasteiger partial charge in [0, 0.05) is 30.5 Å². The molecule has 29 heavy (non-hydrogen) atoms. The molecule has 1 fully saturated rings. The lowest BCUT2D eigenvalue weighted by atomic mass is 10.0. The minimum absolute atomic E-state index is 0.0515. The lowest BCUT2D eigenvalue weighted by molar-refractivity contribution is 0.0858. The number of hydrogen-bond acceptors (Lipinski definition) is 4. The molecule has 1 aliphatic rings. The van der Waals surface area contributed by atoms with Crippen LogP contribution in [0, 0.1) is 13.8 Å². The van der Waals surface area contributed by atoms with Gasteiger partial charge >= 0.3 is 0 Å². The Morgan fingerprint density at radius 1 is 1.28 bits per heavy atom. The highest BCUT2D eigenvalue weighted by molar-refractivity contribution is 7.23. The Kier molecular flexibility index (Phi) is 4.60. The number of ether oxygens (including phenoxy) is 1. The summed E-state index contributed by atoms with van der Waals surface area (Å²) in [5, 5.41) is 2.99. The third kappa shape index (κ3) is 3.43. The minimum atomic E-state index is -0.0515. The Labute approximate surface area is 173 Å². The Hall–Kier alpha value is -2.70. The normalized spacial score (nSPS) is 16.7. The molecule has 2 aromatic carbocycles. The van der Waals surface area contributed by atoms with Crippen LogP contribution in [-0.4, -0.2) is 34.5 Å². The van der Waals surface area contributed by atoms with E-state index in [9.17, 15) is 4.79 Å². The standard InChI is InChI=1S/C23H23N3O2S/c1-14-5-7-18(15(2)10-14)19-13-26-20-8-6-16(11-21(20)29-23(26)25-19)22(27)24-12-17-4-3-9-28-17/h5-8,10-11,13,17H,3-4,9,12H2,1-2H3,(H,24,27)/t17-/m1/s1. The quantitative estimate of drug-likeness (QED) is 0.533. The fraction of sp³-hybridized carbons (Fsp3) is 0.304. The van der Waals surface area contributed by atoms with Crippen LogP contribution in [-0.2, 0) is 4.74 Å². The van der Waals surface area contributed by atoms with Crippen molar-refractivity contribution in [3.05, 3.63) is 59.3 Å². The van der Waals surface area contributed by atoms with Gasteiger partial charge in [-0.25, -0.2) is 4.98 Å². The van der Waals surface area contributed by atoms with Gasteiger partial charge in [-0.15, -0.1) is 0 Å². The number of benzene rings is 2. The fourth-order valence-electron chi connectivity index (χ4n) is 3.99. The molecule has 0 radical (unpaired) electrons. The average molecular weight is 406 g/mol. The molecule has 1 amide bonds. The predicted octanol–water partition coefficient (Wildman–Crippen LogP) is 4.74. The molecule has 0 aliphatic carbocycles. The van der Waals surface area contributed by atoms with Crippen LogP contribution in [0.25, 0.3) is 26.4 Å². The summed E-state index contributed by atoms with van der Waals surface area (Å²) in [6, 6.07) is 12.3. The van der Waals surface area contributed by atoms with Crippen molar-refractivity contribution in [2.45, 2.75) is 32.8 Å². The maximum absolute atomic E-state index is 12.5. The topological polar surface area (TPSA) is 55.6 Å². The summed E-state index contributed by atoms with van der Waals surface area (Å²) in [4.78, 5) is 18.3. The van der Waals surface area contributed by atoms with Gasteiger partial charge < -0.3 is 10.1 Å². The van der Waals surface area contributed by atoms with Crippen LogP contribution in [0.3, 0.4) is 0 Å². The Morgan fingerprint density at radius 3 is 2.97 bits per heavy atom. The van der Waals surface area contributed by atoms with Gasteiger partial charge in [0.25, 0.3) is 5.91 Å². The summed E-state index contributed by atoms with van der Waals surface area (Å²) in [6.07, 6.45) is 4.33. The first-order valence-corrected chi connectivity index (χ1v) is 10.8. The van der Waals surface area contributed by atoms with E-state index in [4.69, 9.17) is 9.72 Å². The molecule has 2 aromatic heterocycles. The van der Waals surface area contributed by atoms with Crippen LogP contribution < -0.4 is 5.32 Å². The highest BCUT2D eigenvalue weighted by Gasteiger charge is 2.18. The molecular formula is C23H23N3O2S. The lowest BCUT2D eigenvalue weighted by Crippen LogP contribution is -2.31. The largest absolute Gasteiger partial charge is 0.376 e. The molecule has 5 nitrogen and oxygen atoms in total. The highest BCUT2D eigenvalue weighted by atomic mass is 32.1. The van der Waals surface area contributed by atoms with Crippen molar-refractivity contribution in [1.29, 1.82) is 0 Å². The number of imidazole rings is 1. The van der Waals surface area contributed by atoms with Gasteiger partial charge in [0.05, 0.1) is 22.0 Å². The maximum atomic E-state index is 12.5. The number of thiazole rings is 1. The second-order valence-electron chi connectivity index (χ2n) is 7.73. The average Bonchev–Trinajstić information content (AvgIpc) is 3.41. The SMILES string of the molecule is Cc1ccc(-c2cn3c(n2)sc2cc(C(=O)NC[C@H]4CCCO4)ccc23)c(C)c1. The van der Waals surface area contributed by atoms with Crippen molar-refractivity contribution in [2.75, 3.05) is 13.2 Å². The summed E-state index contributed by atoms with van der Waals surface area (Å²) >= 11 is 1.61. The number of aromatic nitrogens is 2. The Morgan fingerprint density at radius 2 is 2.17 bits per heavy atom. The number of aryl methyl sites for hydroxylation is 2. The van der Waals surface area contributed by atoms with Gasteiger partial charge in [0.1, 0.15) is 0 Å². The molecule has 0 saturated carbocycles. The van der Waals surface area contributed by atoms with E-state index in [2.05, 4.69) is 48.0 Å². The molecular weight excluding hydrogens is 382 g/mol. The van der Waals surface area contributed by atoms with Gasteiger partial charge in [-0.05, 0) is 50.5 Å². The van der Waals surface area contributed by atoms with Crippen molar-refractivity contribution in [3.8, 4) is 11.3 Å². The first kappa shape index (κ1) is 18.3. The molecule has 1 N–H and O–H groups in total. The molecule has 4 aromatic rings. The summed E-state index contributed by atoms with van der Waals surface area (Å²) in [6.45, 7) is 5.59. The number of hydrogen-bond donors (Lipinski definition) is 1. The van der Waals surface area contributed by atoms with Crippen molar-refractivity contribution < 1.29 is 9.53 Å². The number of fused-ring (bicyclic) bond motifs is 3. The molecule has 1 saturated heterocycles. The molecule has 0 spiro atoms. The van der Waals surface area contributed by atoms with Gasteiger partial charge in [0.2, 0.25) is 0 Å². The highest BCUT2D eigenvalue weighted by Crippen LogP contribution is 2.31. The van der Waals surface area contributed by atoms with Crippen LogP contribution in [0.5, 0.6) is 0 Å². The van der Waals surface area contributed by atoms with E-state index < -0.39 is 0 Å². The van der Waals surface area contributed by atoms with E-state index >= 15 is 0 Å². The number of carbonyl (C=O) groups excluding carboxylic acids is 1. The molecule has 0 bridgehead atoms. The van der Waals surface area contributed by atoms with Gasteiger partial charge in [0.15, 0.2) is 4.96 Å². The molecule has 1 atom stereocenters. The minimum Gasteiger partial charge on any atom is -0.376 e. The molecule has 3 heterocycles. The van der Waals surface area contributed by atoms with E-state index in [1.807, 2.05) is 18.2 Å². The number of nitrogens with one attached hydrogen (secondary N) is 1. The zero-order chi connectivity index (χ0) is 20.0.